The summed E-state index contributed by atoms with van der Waals surface area (Å²) >= 11 is 0. The van der Waals surface area contributed by atoms with E-state index in [-0.39, 0.29) is 51.4 Å². The van der Waals surface area contributed by atoms with Crippen LogP contribution in [0.15, 0.2) is 0 Å². The van der Waals surface area contributed by atoms with Gasteiger partial charge in [-0.2, -0.15) is 4.90 Å². The summed E-state index contributed by atoms with van der Waals surface area (Å²) in [6.07, 6.45) is 2.49. The number of hydrogen-bond acceptors (Lipinski definition) is 2. The maximum atomic E-state index is 9.51. The first-order chi connectivity index (χ1) is 3.27. The molecule has 0 unspecified atom stereocenters. The molecule has 0 N–H and O–H groups in total. The summed E-state index contributed by atoms with van der Waals surface area (Å²) in [5.41, 5.74) is 0. The monoisotopic (exact) mass is 141 g/mol. The summed E-state index contributed by atoms with van der Waals surface area (Å²) in [6.45, 7) is 1.90. The van der Waals surface area contributed by atoms with E-state index < -0.39 is 4.90 Å². The van der Waals surface area contributed by atoms with Crippen LogP contribution in [0.3, 0.4) is 0 Å². The molecule has 0 aromatic carbocycles. The maximum absolute atomic E-state index is 9.51. The molecule has 0 radical (unpaired) electrons. The number of unbranched alkanes of at least 4 members (excludes halogenated alkanes) is 1. The van der Waals surface area contributed by atoms with Crippen molar-refractivity contribution >= 4 is 6.21 Å². The SMILES string of the molecule is CCCC=[N+]([O-])[O-].[K+]. The molecule has 0 saturated carbocycles. The van der Waals surface area contributed by atoms with Crippen molar-refractivity contribution in [2.45, 2.75) is 19.8 Å². The first kappa shape index (κ1) is 11.7. The quantitative estimate of drug-likeness (QED) is 0.191. The van der Waals surface area contributed by atoms with Crippen LogP contribution in [0.5, 0.6) is 0 Å². The van der Waals surface area contributed by atoms with E-state index in [1.807, 2.05) is 6.92 Å². The van der Waals surface area contributed by atoms with E-state index in [0.717, 1.165) is 12.6 Å². The molecule has 0 heterocycles. The van der Waals surface area contributed by atoms with Crippen LogP contribution >= 0.6 is 0 Å². The Hall–Kier alpha value is 0.906. The number of nitrogens with zero attached hydrogens (tertiary/aromatic N) is 1. The molecule has 0 aliphatic rings. The topological polar surface area (TPSA) is 49.1 Å². The van der Waals surface area contributed by atoms with E-state index in [4.69, 9.17) is 0 Å². The van der Waals surface area contributed by atoms with Crippen molar-refractivity contribution in [3.63, 3.8) is 0 Å². The molecule has 0 saturated heterocycles. The summed E-state index contributed by atoms with van der Waals surface area (Å²) in [5.74, 6) is 0. The molecule has 0 amide bonds. The summed E-state index contributed by atoms with van der Waals surface area (Å²) in [6, 6.07) is 0. The minimum absolute atomic E-state index is 0. The fourth-order valence-electron chi connectivity index (χ4n) is 0.235. The molecule has 4 heteroatoms. The van der Waals surface area contributed by atoms with E-state index in [1.54, 1.807) is 0 Å². The van der Waals surface area contributed by atoms with Gasteiger partial charge in [0.05, 0.1) is 0 Å². The second-order valence-corrected chi connectivity index (χ2v) is 1.26. The molecule has 0 aromatic rings. The van der Waals surface area contributed by atoms with Gasteiger partial charge >= 0.3 is 51.4 Å². The van der Waals surface area contributed by atoms with Crippen molar-refractivity contribution in [3.8, 4) is 0 Å². The molecule has 0 aromatic heterocycles. The van der Waals surface area contributed by atoms with Crippen molar-refractivity contribution in [2.24, 2.45) is 0 Å². The molecule has 0 atom stereocenters. The van der Waals surface area contributed by atoms with Crippen LogP contribution < -0.4 is 51.4 Å². The molecular formula is C4H8KNO2. The van der Waals surface area contributed by atoms with Crippen molar-refractivity contribution in [3.05, 3.63) is 10.4 Å². The van der Waals surface area contributed by atoms with E-state index in [1.165, 1.54) is 0 Å². The summed E-state index contributed by atoms with van der Waals surface area (Å²) in [5, 5.41) is 19.0. The molecule has 0 rings (SSSR count). The first-order valence-corrected chi connectivity index (χ1v) is 2.24. The Morgan fingerprint density at radius 1 is 1.50 bits per heavy atom. The van der Waals surface area contributed by atoms with Crippen molar-refractivity contribution < 1.29 is 56.3 Å². The summed E-state index contributed by atoms with van der Waals surface area (Å²) < 4.78 is 0. The Bertz CT molecular complexity index is 70.4. The fourth-order valence-corrected chi connectivity index (χ4v) is 0.235. The summed E-state index contributed by atoms with van der Waals surface area (Å²) in [7, 11) is 0. The predicted octanol–water partition coefficient (Wildman–Crippen LogP) is -2.13. The average Bonchev–Trinajstić information content (AvgIpc) is 1.61. The molecule has 0 bridgehead atoms. The Labute approximate surface area is 91.4 Å². The van der Waals surface area contributed by atoms with E-state index >= 15 is 0 Å². The van der Waals surface area contributed by atoms with Gasteiger partial charge in [-0.15, -0.1) is 0 Å². The van der Waals surface area contributed by atoms with Gasteiger partial charge in [0, 0.05) is 6.42 Å². The molecule has 0 spiro atoms. The molecule has 3 nitrogen and oxygen atoms in total. The van der Waals surface area contributed by atoms with Gasteiger partial charge in [-0.1, -0.05) is 6.92 Å². The largest absolute Gasteiger partial charge is 1.00 e. The van der Waals surface area contributed by atoms with Crippen molar-refractivity contribution in [1.82, 2.24) is 0 Å². The van der Waals surface area contributed by atoms with E-state index in [2.05, 4.69) is 0 Å². The Kier molecular flexibility index (Phi) is 11.5. The smallest absolute Gasteiger partial charge is 0.613 e. The van der Waals surface area contributed by atoms with Gasteiger partial charge in [-0.25, -0.2) is 0 Å². The third-order valence-corrected chi connectivity index (χ3v) is 0.567. The standard InChI is InChI=1S/C4H8NO2.K/c1-2-3-4-5(6)7;/h4H,2-3H2,1H3;/q-1;+1. The average molecular weight is 141 g/mol. The molecule has 0 aliphatic heterocycles. The second-order valence-electron chi connectivity index (χ2n) is 1.26. The minimum Gasteiger partial charge on any atom is -0.613 e. The van der Waals surface area contributed by atoms with Gasteiger partial charge < -0.3 is 10.4 Å². The van der Waals surface area contributed by atoms with Gasteiger partial charge in [0.15, 0.2) is 6.21 Å². The third kappa shape index (κ3) is 10.0. The van der Waals surface area contributed by atoms with Crippen molar-refractivity contribution in [2.75, 3.05) is 0 Å². The maximum Gasteiger partial charge on any atom is 1.00 e. The van der Waals surface area contributed by atoms with Crippen LogP contribution in [0.1, 0.15) is 19.8 Å². The molecule has 0 fully saturated rings. The van der Waals surface area contributed by atoms with E-state index in [9.17, 15) is 10.4 Å². The van der Waals surface area contributed by atoms with Gasteiger partial charge in [0.25, 0.3) is 0 Å². The minimum atomic E-state index is -0.413. The van der Waals surface area contributed by atoms with Crippen LogP contribution in [0.2, 0.25) is 0 Å². The van der Waals surface area contributed by atoms with Gasteiger partial charge in [-0.05, 0) is 6.42 Å². The van der Waals surface area contributed by atoms with E-state index in [0.29, 0.717) is 6.42 Å². The molecular weight excluding hydrogens is 133 g/mol. The van der Waals surface area contributed by atoms with Gasteiger partial charge in [-0.3, -0.25) is 0 Å². The Balaban J connectivity index is 0. The van der Waals surface area contributed by atoms with Crippen molar-refractivity contribution in [1.29, 1.82) is 0 Å². The Morgan fingerprint density at radius 3 is 2.12 bits per heavy atom. The predicted molar refractivity (Wildman–Crippen MR) is 28.0 cm³/mol. The van der Waals surface area contributed by atoms with Crippen LogP contribution in [0, 0.1) is 10.4 Å². The van der Waals surface area contributed by atoms with Crippen LogP contribution in [-0.4, -0.2) is 11.1 Å². The Morgan fingerprint density at radius 2 is 2.00 bits per heavy atom. The zero-order chi connectivity index (χ0) is 5.70. The zero-order valence-electron chi connectivity index (χ0n) is 5.26. The van der Waals surface area contributed by atoms with Crippen LogP contribution in [0.25, 0.3) is 0 Å². The zero-order valence-corrected chi connectivity index (χ0v) is 8.38. The fraction of sp³-hybridized carbons (Fsp3) is 0.750. The first-order valence-electron chi connectivity index (χ1n) is 2.24. The molecule has 8 heavy (non-hydrogen) atoms. The van der Waals surface area contributed by atoms with Crippen LogP contribution in [-0.2, 0) is 0 Å². The van der Waals surface area contributed by atoms with Gasteiger partial charge in [0.2, 0.25) is 0 Å². The van der Waals surface area contributed by atoms with Gasteiger partial charge in [0.1, 0.15) is 0 Å². The molecule has 42 valence electrons. The molecule has 0 aliphatic carbocycles. The second kappa shape index (κ2) is 7.91. The van der Waals surface area contributed by atoms with Crippen LogP contribution in [0.4, 0.5) is 0 Å². The number of hydrogen-bond donors (Lipinski definition) is 0. The summed E-state index contributed by atoms with van der Waals surface area (Å²) in [4.78, 5) is -0.413. The number of rotatable bonds is 2. The normalized spacial score (nSPS) is 7.12. The third-order valence-electron chi connectivity index (χ3n) is 0.567.